The van der Waals surface area contributed by atoms with Crippen molar-refractivity contribution in [3.05, 3.63) is 17.5 Å². The zero-order chi connectivity index (χ0) is 13.9. The van der Waals surface area contributed by atoms with Crippen LogP contribution in [0.2, 0.25) is 0 Å². The molecule has 0 radical (unpaired) electrons. The fourth-order valence-corrected chi connectivity index (χ4v) is 3.67. The molecule has 2 heterocycles. The van der Waals surface area contributed by atoms with E-state index in [1.165, 1.54) is 37.9 Å². The minimum atomic E-state index is 0.295. The molecular formula is C16H27N3O. The zero-order valence-corrected chi connectivity index (χ0v) is 12.8. The molecule has 0 N–H and O–H groups in total. The molecule has 1 aliphatic heterocycles. The fourth-order valence-electron chi connectivity index (χ4n) is 3.67. The summed E-state index contributed by atoms with van der Waals surface area (Å²) in [6.07, 6.45) is 6.02. The zero-order valence-electron chi connectivity index (χ0n) is 12.8. The number of rotatable bonds is 4. The van der Waals surface area contributed by atoms with Gasteiger partial charge in [-0.3, -0.25) is 9.58 Å². The summed E-state index contributed by atoms with van der Waals surface area (Å²) in [7, 11) is 0. The standard InChI is InChI=1S/C16H27N3O/c1-13-9-14(2)19(17-13)12-16-11-18(7-8-20-16)10-15-5-3-4-6-15/h9,15-16H,3-8,10-12H2,1-2H3/t16-/m0/s1. The van der Waals surface area contributed by atoms with Gasteiger partial charge in [-0.15, -0.1) is 0 Å². The first-order valence-electron chi connectivity index (χ1n) is 8.06. The van der Waals surface area contributed by atoms with Gasteiger partial charge < -0.3 is 4.74 Å². The van der Waals surface area contributed by atoms with E-state index in [1.54, 1.807) is 0 Å². The van der Waals surface area contributed by atoms with Gasteiger partial charge in [-0.2, -0.15) is 5.10 Å². The second kappa shape index (κ2) is 6.27. The summed E-state index contributed by atoms with van der Waals surface area (Å²) >= 11 is 0. The average molecular weight is 277 g/mol. The third kappa shape index (κ3) is 3.41. The second-order valence-electron chi connectivity index (χ2n) is 6.51. The number of aryl methyl sites for hydroxylation is 2. The SMILES string of the molecule is Cc1cc(C)n(C[C@@H]2CN(CC3CCCC3)CCO2)n1. The Morgan fingerprint density at radius 1 is 1.25 bits per heavy atom. The first kappa shape index (κ1) is 14.1. The highest BCUT2D eigenvalue weighted by Crippen LogP contribution is 2.26. The Morgan fingerprint density at radius 2 is 2.05 bits per heavy atom. The molecule has 1 saturated heterocycles. The Labute approximate surface area is 122 Å². The normalized spacial score (nSPS) is 25.4. The number of hydrogen-bond donors (Lipinski definition) is 0. The Kier molecular flexibility index (Phi) is 4.41. The molecule has 1 atom stereocenters. The fraction of sp³-hybridized carbons (Fsp3) is 0.812. The van der Waals surface area contributed by atoms with E-state index >= 15 is 0 Å². The topological polar surface area (TPSA) is 30.3 Å². The smallest absolute Gasteiger partial charge is 0.0898 e. The van der Waals surface area contributed by atoms with Crippen LogP contribution in [0.4, 0.5) is 0 Å². The van der Waals surface area contributed by atoms with E-state index in [9.17, 15) is 0 Å². The van der Waals surface area contributed by atoms with Crippen LogP contribution in [0, 0.1) is 19.8 Å². The van der Waals surface area contributed by atoms with Crippen molar-refractivity contribution in [3.63, 3.8) is 0 Å². The summed E-state index contributed by atoms with van der Waals surface area (Å²) in [5.41, 5.74) is 2.33. The van der Waals surface area contributed by atoms with Gasteiger partial charge in [0.15, 0.2) is 0 Å². The first-order valence-corrected chi connectivity index (χ1v) is 8.06. The number of morpholine rings is 1. The summed E-state index contributed by atoms with van der Waals surface area (Å²) in [5.74, 6) is 0.933. The van der Waals surface area contributed by atoms with Crippen molar-refractivity contribution < 1.29 is 4.74 Å². The van der Waals surface area contributed by atoms with E-state index in [-0.39, 0.29) is 0 Å². The maximum atomic E-state index is 5.94. The second-order valence-corrected chi connectivity index (χ2v) is 6.51. The Bertz CT molecular complexity index is 437. The van der Waals surface area contributed by atoms with Crippen molar-refractivity contribution in [1.29, 1.82) is 0 Å². The molecule has 0 amide bonds. The van der Waals surface area contributed by atoms with Gasteiger partial charge in [-0.25, -0.2) is 0 Å². The molecule has 2 aliphatic rings. The Balaban J connectivity index is 1.53. The van der Waals surface area contributed by atoms with Crippen LogP contribution in [0.25, 0.3) is 0 Å². The molecule has 2 fully saturated rings. The van der Waals surface area contributed by atoms with E-state index in [2.05, 4.69) is 34.6 Å². The maximum absolute atomic E-state index is 5.94. The van der Waals surface area contributed by atoms with Crippen LogP contribution in [0.15, 0.2) is 6.07 Å². The molecule has 20 heavy (non-hydrogen) atoms. The monoisotopic (exact) mass is 277 g/mol. The van der Waals surface area contributed by atoms with Gasteiger partial charge in [0.1, 0.15) is 0 Å². The minimum absolute atomic E-state index is 0.295. The molecule has 1 aliphatic carbocycles. The van der Waals surface area contributed by atoms with Gasteiger partial charge in [0.05, 0.1) is 24.9 Å². The molecule has 1 aromatic rings. The summed E-state index contributed by atoms with van der Waals surface area (Å²) in [6, 6.07) is 2.14. The van der Waals surface area contributed by atoms with E-state index in [1.807, 2.05) is 0 Å². The number of nitrogens with zero attached hydrogens (tertiary/aromatic N) is 3. The predicted octanol–water partition coefficient (Wildman–Crippen LogP) is 2.39. The molecule has 1 aromatic heterocycles. The van der Waals surface area contributed by atoms with Crippen molar-refractivity contribution in [3.8, 4) is 0 Å². The third-order valence-electron chi connectivity index (χ3n) is 4.69. The van der Waals surface area contributed by atoms with Crippen LogP contribution in [-0.2, 0) is 11.3 Å². The Hall–Kier alpha value is -0.870. The van der Waals surface area contributed by atoms with E-state index < -0.39 is 0 Å². The summed E-state index contributed by atoms with van der Waals surface area (Å²) < 4.78 is 8.03. The van der Waals surface area contributed by atoms with Crippen LogP contribution < -0.4 is 0 Å². The van der Waals surface area contributed by atoms with Gasteiger partial charge in [-0.1, -0.05) is 12.8 Å². The van der Waals surface area contributed by atoms with Gasteiger partial charge >= 0.3 is 0 Å². The molecule has 0 spiro atoms. The molecule has 1 saturated carbocycles. The molecule has 0 unspecified atom stereocenters. The van der Waals surface area contributed by atoms with Crippen LogP contribution >= 0.6 is 0 Å². The quantitative estimate of drug-likeness (QED) is 0.846. The minimum Gasteiger partial charge on any atom is -0.374 e. The van der Waals surface area contributed by atoms with Gasteiger partial charge in [0.25, 0.3) is 0 Å². The van der Waals surface area contributed by atoms with Gasteiger partial charge in [0, 0.05) is 25.3 Å². The molecule has 4 heteroatoms. The number of ether oxygens (including phenoxy) is 1. The van der Waals surface area contributed by atoms with Gasteiger partial charge in [-0.05, 0) is 38.7 Å². The highest BCUT2D eigenvalue weighted by Gasteiger charge is 2.25. The lowest BCUT2D eigenvalue weighted by atomic mass is 10.1. The molecule has 112 valence electrons. The molecular weight excluding hydrogens is 250 g/mol. The van der Waals surface area contributed by atoms with Crippen LogP contribution in [-0.4, -0.2) is 47.0 Å². The summed E-state index contributed by atoms with van der Waals surface area (Å²) in [5, 5.41) is 4.55. The molecule has 4 nitrogen and oxygen atoms in total. The highest BCUT2D eigenvalue weighted by molar-refractivity contribution is 5.06. The van der Waals surface area contributed by atoms with Crippen molar-refractivity contribution in [2.24, 2.45) is 5.92 Å². The van der Waals surface area contributed by atoms with Crippen molar-refractivity contribution >= 4 is 0 Å². The first-order chi connectivity index (χ1) is 9.70. The molecule has 3 rings (SSSR count). The number of aromatic nitrogens is 2. The van der Waals surface area contributed by atoms with E-state index in [0.29, 0.717) is 6.10 Å². The lowest BCUT2D eigenvalue weighted by Crippen LogP contribution is -2.45. The van der Waals surface area contributed by atoms with Crippen LogP contribution in [0.1, 0.15) is 37.1 Å². The lowest BCUT2D eigenvalue weighted by molar-refractivity contribution is -0.0416. The molecule has 0 aromatic carbocycles. The van der Waals surface area contributed by atoms with Crippen LogP contribution in [0.5, 0.6) is 0 Å². The Morgan fingerprint density at radius 3 is 2.75 bits per heavy atom. The third-order valence-corrected chi connectivity index (χ3v) is 4.69. The number of hydrogen-bond acceptors (Lipinski definition) is 3. The van der Waals surface area contributed by atoms with Crippen molar-refractivity contribution in [1.82, 2.24) is 14.7 Å². The van der Waals surface area contributed by atoms with Gasteiger partial charge in [0.2, 0.25) is 0 Å². The largest absolute Gasteiger partial charge is 0.374 e. The summed E-state index contributed by atoms with van der Waals surface area (Å²) in [4.78, 5) is 2.61. The summed E-state index contributed by atoms with van der Waals surface area (Å²) in [6.45, 7) is 9.38. The van der Waals surface area contributed by atoms with Crippen LogP contribution in [0.3, 0.4) is 0 Å². The van der Waals surface area contributed by atoms with E-state index in [4.69, 9.17) is 4.74 Å². The van der Waals surface area contributed by atoms with Crippen molar-refractivity contribution in [2.45, 2.75) is 52.2 Å². The molecule has 0 bridgehead atoms. The van der Waals surface area contributed by atoms with Crippen molar-refractivity contribution in [2.75, 3.05) is 26.2 Å². The highest BCUT2D eigenvalue weighted by atomic mass is 16.5. The maximum Gasteiger partial charge on any atom is 0.0898 e. The lowest BCUT2D eigenvalue weighted by Gasteiger charge is -2.34. The average Bonchev–Trinajstić information content (AvgIpc) is 3.01. The predicted molar refractivity (Wildman–Crippen MR) is 79.8 cm³/mol. The van der Waals surface area contributed by atoms with E-state index in [0.717, 1.165) is 37.9 Å².